The quantitative estimate of drug-likeness (QED) is 0.726. The molecule has 152 valence electrons. The lowest BCUT2D eigenvalue weighted by molar-refractivity contribution is -0.143. The van der Waals surface area contributed by atoms with E-state index in [4.69, 9.17) is 4.74 Å². The van der Waals surface area contributed by atoms with Gasteiger partial charge in [-0.3, -0.25) is 14.7 Å². The van der Waals surface area contributed by atoms with Gasteiger partial charge in [0.2, 0.25) is 11.8 Å². The van der Waals surface area contributed by atoms with Crippen LogP contribution in [0.2, 0.25) is 0 Å². The fraction of sp³-hybridized carbons (Fsp3) is 0.667. The lowest BCUT2D eigenvalue weighted by atomic mass is 9.76. The highest BCUT2D eigenvalue weighted by Crippen LogP contribution is 2.52. The normalized spacial score (nSPS) is 30.5. The molecule has 0 unspecified atom stereocenters. The summed E-state index contributed by atoms with van der Waals surface area (Å²) in [6.45, 7) is 7.98. The highest BCUT2D eigenvalue weighted by atomic mass is 16.5. The van der Waals surface area contributed by atoms with E-state index >= 15 is 0 Å². The van der Waals surface area contributed by atoms with Crippen molar-refractivity contribution in [3.63, 3.8) is 0 Å². The van der Waals surface area contributed by atoms with Gasteiger partial charge in [0.1, 0.15) is 5.60 Å². The molecule has 3 aliphatic heterocycles. The van der Waals surface area contributed by atoms with Gasteiger partial charge in [0.15, 0.2) is 0 Å². The van der Waals surface area contributed by atoms with E-state index in [1.165, 1.54) is 0 Å². The zero-order valence-electron chi connectivity index (χ0n) is 17.1. The Labute approximate surface area is 166 Å². The van der Waals surface area contributed by atoms with Gasteiger partial charge in [-0.25, -0.2) is 0 Å². The number of likely N-dealkylation sites (tertiary alicyclic amines) is 1. The number of hydrogen-bond acceptors (Lipinski definition) is 4. The van der Waals surface area contributed by atoms with E-state index < -0.39 is 17.4 Å². The van der Waals surface area contributed by atoms with Crippen LogP contribution in [-0.4, -0.2) is 63.7 Å². The Kier molecular flexibility index (Phi) is 4.81. The first-order chi connectivity index (χ1) is 13.4. The molecule has 1 N–H and O–H groups in total. The molecule has 0 radical (unpaired) electrons. The second-order valence-electron chi connectivity index (χ2n) is 8.54. The maximum absolute atomic E-state index is 13.3. The van der Waals surface area contributed by atoms with Gasteiger partial charge in [-0.2, -0.15) is 5.10 Å². The van der Waals surface area contributed by atoms with Gasteiger partial charge in [-0.1, -0.05) is 38.8 Å². The molecule has 3 aliphatic rings. The largest absolute Gasteiger partial charge is 0.360 e. The van der Waals surface area contributed by atoms with E-state index in [9.17, 15) is 9.59 Å². The summed E-state index contributed by atoms with van der Waals surface area (Å²) in [6.07, 6.45) is 5.78. The van der Waals surface area contributed by atoms with Gasteiger partial charge in [-0.15, -0.1) is 0 Å². The van der Waals surface area contributed by atoms with Gasteiger partial charge < -0.3 is 14.5 Å². The third-order valence-corrected chi connectivity index (χ3v) is 6.63. The lowest BCUT2D eigenvalue weighted by Crippen LogP contribution is -2.44. The van der Waals surface area contributed by atoms with Gasteiger partial charge in [0.25, 0.3) is 0 Å². The van der Waals surface area contributed by atoms with Crippen LogP contribution in [-0.2, 0) is 20.9 Å². The predicted molar refractivity (Wildman–Crippen MR) is 104 cm³/mol. The van der Waals surface area contributed by atoms with E-state index in [0.29, 0.717) is 19.0 Å². The first-order valence-electron chi connectivity index (χ1n) is 10.3. The molecule has 1 spiro atoms. The minimum atomic E-state index is -0.627. The standard InChI is InChI=1S/C21H30N4O3/c1-5-14(6-2)10-25-12-21-8-7-16(28-21)17(18(21)20(25)27)19(26)24(4)11-15-9-13(3)22-23-15/h7-9,14,16-18H,5-6,10-12H2,1-4H3,(H,22,23)/t16-,17-,18-,21-/m0/s1. The zero-order valence-corrected chi connectivity index (χ0v) is 17.1. The first-order valence-corrected chi connectivity index (χ1v) is 10.3. The summed E-state index contributed by atoms with van der Waals surface area (Å²) in [5.41, 5.74) is 1.15. The Morgan fingerprint density at radius 3 is 2.86 bits per heavy atom. The minimum absolute atomic E-state index is 0.0420. The molecule has 2 fully saturated rings. The zero-order chi connectivity index (χ0) is 20.1. The number of nitrogens with one attached hydrogen (secondary N) is 1. The van der Waals surface area contributed by atoms with Crippen molar-refractivity contribution in [2.45, 2.75) is 51.9 Å². The van der Waals surface area contributed by atoms with Crippen LogP contribution in [0.1, 0.15) is 38.1 Å². The number of aromatic nitrogens is 2. The van der Waals surface area contributed by atoms with Crippen molar-refractivity contribution in [3.8, 4) is 0 Å². The highest BCUT2D eigenvalue weighted by molar-refractivity contribution is 5.93. The Bertz CT molecular complexity index is 799. The second kappa shape index (κ2) is 7.03. The van der Waals surface area contributed by atoms with Gasteiger partial charge in [-0.05, 0) is 18.9 Å². The fourth-order valence-electron chi connectivity index (χ4n) is 5.00. The maximum atomic E-state index is 13.3. The van der Waals surface area contributed by atoms with E-state index in [0.717, 1.165) is 30.8 Å². The summed E-state index contributed by atoms with van der Waals surface area (Å²) in [4.78, 5) is 30.1. The van der Waals surface area contributed by atoms with E-state index in [1.807, 2.05) is 30.0 Å². The molecule has 7 heteroatoms. The molecule has 4 rings (SSSR count). The average molecular weight is 386 g/mol. The van der Waals surface area contributed by atoms with E-state index in [1.54, 1.807) is 11.9 Å². The van der Waals surface area contributed by atoms with Crippen LogP contribution in [0.5, 0.6) is 0 Å². The molecule has 1 aromatic heterocycles. The summed E-state index contributed by atoms with van der Waals surface area (Å²) in [6, 6.07) is 1.93. The van der Waals surface area contributed by atoms with Crippen molar-refractivity contribution in [3.05, 3.63) is 29.6 Å². The first kappa shape index (κ1) is 19.2. The van der Waals surface area contributed by atoms with Crippen LogP contribution in [0.25, 0.3) is 0 Å². The summed E-state index contributed by atoms with van der Waals surface area (Å²) >= 11 is 0. The SMILES string of the molecule is CCC(CC)CN1C[C@]23C=C[C@H](O2)[C@H](C(=O)N(C)Cc2cc(C)[nH]n2)[C@H]3C1=O. The van der Waals surface area contributed by atoms with Crippen LogP contribution in [0.15, 0.2) is 18.2 Å². The fourth-order valence-corrected chi connectivity index (χ4v) is 5.00. The molecule has 1 aromatic rings. The Balaban J connectivity index is 1.52. The van der Waals surface area contributed by atoms with Gasteiger partial charge in [0.05, 0.1) is 36.7 Å². The topological polar surface area (TPSA) is 78.5 Å². The Morgan fingerprint density at radius 2 is 2.21 bits per heavy atom. The molecule has 7 nitrogen and oxygen atoms in total. The van der Waals surface area contributed by atoms with Crippen LogP contribution in [0.4, 0.5) is 0 Å². The maximum Gasteiger partial charge on any atom is 0.230 e. The number of aryl methyl sites for hydroxylation is 1. The molecule has 2 bridgehead atoms. The van der Waals surface area contributed by atoms with Gasteiger partial charge in [0, 0.05) is 19.3 Å². The van der Waals surface area contributed by atoms with Crippen LogP contribution < -0.4 is 0 Å². The van der Waals surface area contributed by atoms with Crippen LogP contribution in [0, 0.1) is 24.7 Å². The summed E-state index contributed by atoms with van der Waals surface area (Å²) in [5.74, 6) is -0.345. The molecular formula is C21H30N4O3. The van der Waals surface area contributed by atoms with Crippen LogP contribution in [0.3, 0.4) is 0 Å². The Hall–Kier alpha value is -2.15. The lowest BCUT2D eigenvalue weighted by Gasteiger charge is -2.27. The number of hydrogen-bond donors (Lipinski definition) is 1. The van der Waals surface area contributed by atoms with Crippen LogP contribution >= 0.6 is 0 Å². The average Bonchev–Trinajstić information content (AvgIpc) is 3.41. The second-order valence-corrected chi connectivity index (χ2v) is 8.54. The minimum Gasteiger partial charge on any atom is -0.360 e. The monoisotopic (exact) mass is 386 g/mol. The molecule has 2 amide bonds. The predicted octanol–water partition coefficient (Wildman–Crippen LogP) is 1.89. The van der Waals surface area contributed by atoms with Crippen molar-refractivity contribution in [2.24, 2.45) is 17.8 Å². The van der Waals surface area contributed by atoms with E-state index in [2.05, 4.69) is 24.0 Å². The number of carbonyl (C=O) groups excluding carboxylic acids is 2. The molecule has 4 atom stereocenters. The van der Waals surface area contributed by atoms with Crippen molar-refractivity contribution in [2.75, 3.05) is 20.1 Å². The number of carbonyl (C=O) groups is 2. The van der Waals surface area contributed by atoms with Crippen molar-refractivity contribution < 1.29 is 14.3 Å². The molecule has 4 heterocycles. The summed E-state index contributed by atoms with van der Waals surface area (Å²) in [7, 11) is 1.77. The summed E-state index contributed by atoms with van der Waals surface area (Å²) < 4.78 is 6.23. The van der Waals surface area contributed by atoms with E-state index in [-0.39, 0.29) is 17.9 Å². The molecule has 0 aliphatic carbocycles. The molecule has 0 aromatic carbocycles. The number of amides is 2. The smallest absolute Gasteiger partial charge is 0.230 e. The number of H-pyrrole nitrogens is 1. The third kappa shape index (κ3) is 2.96. The number of aromatic amines is 1. The summed E-state index contributed by atoms with van der Waals surface area (Å²) in [5, 5.41) is 7.12. The molecule has 0 saturated carbocycles. The van der Waals surface area contributed by atoms with Crippen molar-refractivity contribution >= 4 is 11.8 Å². The number of fused-ring (bicyclic) bond motifs is 1. The van der Waals surface area contributed by atoms with Gasteiger partial charge >= 0.3 is 0 Å². The third-order valence-electron chi connectivity index (χ3n) is 6.63. The number of ether oxygens (including phenoxy) is 1. The van der Waals surface area contributed by atoms with Crippen molar-refractivity contribution in [1.29, 1.82) is 0 Å². The Morgan fingerprint density at radius 1 is 1.46 bits per heavy atom. The van der Waals surface area contributed by atoms with Crippen molar-refractivity contribution in [1.82, 2.24) is 20.0 Å². The molecular weight excluding hydrogens is 356 g/mol. The molecule has 28 heavy (non-hydrogen) atoms. The highest BCUT2D eigenvalue weighted by Gasteiger charge is 2.67. The number of rotatable bonds is 7. The molecule has 2 saturated heterocycles. The number of nitrogens with zero attached hydrogens (tertiary/aromatic N) is 3.